The molecule has 0 spiro atoms. The Labute approximate surface area is 323 Å². The first-order valence-corrected chi connectivity index (χ1v) is 26.2. The molecular formula is C26H30F28O3Sn2. The molecule has 0 N–H and O–H groups in total. The Morgan fingerprint density at radius 1 is 0.322 bits per heavy atom. The van der Waals surface area contributed by atoms with Crippen LogP contribution in [0.2, 0.25) is 0 Å². The van der Waals surface area contributed by atoms with Crippen molar-refractivity contribution in [1.82, 2.24) is 0 Å². The van der Waals surface area contributed by atoms with Crippen LogP contribution in [0.25, 0.3) is 0 Å². The van der Waals surface area contributed by atoms with Crippen LogP contribution in [0.5, 0.6) is 0 Å². The summed E-state index contributed by atoms with van der Waals surface area (Å²) in [5.74, 6) is -64.6. The van der Waals surface area contributed by atoms with E-state index >= 15 is 70.2 Å². The van der Waals surface area contributed by atoms with Crippen LogP contribution in [0, 0.1) is 0 Å². The first kappa shape index (κ1) is 58.5. The standard InChI is InChI=1S/2C5H11O.4C4H2F7.O.2Sn/c2*1-2-3-4-5-6;4*5-1-3(8,9)4(10,11)2(6)7;;;/h2*2-5H2,1H3;4*1H2;;;/q2*-1;;;;;;2*+1. The molecule has 356 valence electrons. The van der Waals surface area contributed by atoms with Crippen molar-refractivity contribution in [1.29, 1.82) is 0 Å². The molecule has 0 radical (unpaired) electrons. The zero-order valence-corrected chi connectivity index (χ0v) is 35.0. The third kappa shape index (κ3) is 9.11. The quantitative estimate of drug-likeness (QED) is 0.0444. The molecule has 0 aromatic rings. The molecule has 0 aliphatic carbocycles. The Kier molecular flexibility index (Phi) is 18.8. The Hall–Kier alpha value is -0.483. The van der Waals surface area contributed by atoms with Gasteiger partial charge in [-0.05, 0) is 0 Å². The van der Waals surface area contributed by atoms with Gasteiger partial charge in [0, 0.05) is 0 Å². The molecule has 0 atom stereocenters. The summed E-state index contributed by atoms with van der Waals surface area (Å²) in [5.41, 5.74) is 0. The van der Waals surface area contributed by atoms with E-state index in [-0.39, 0.29) is 0 Å². The summed E-state index contributed by atoms with van der Waals surface area (Å²) >= 11 is -25.3. The molecule has 0 saturated heterocycles. The second-order valence-electron chi connectivity index (χ2n) is 12.4. The van der Waals surface area contributed by atoms with Crippen LogP contribution in [-0.2, 0) is 7.56 Å². The minimum absolute atomic E-state index is 0.513. The Bertz CT molecular complexity index is 1170. The van der Waals surface area contributed by atoms with Crippen molar-refractivity contribution < 1.29 is 130 Å². The third-order valence-corrected chi connectivity index (χ3v) is 37.3. The summed E-state index contributed by atoms with van der Waals surface area (Å²) in [4.78, 5) is 0. The SMILES string of the molecule is CCCCC[O][Sn]([O][Sn]([O]CCCCC)([C](F)(F)C(F)(F)C(F)(F)CF)[C](F)(F)C(F)(F)C(F)(F)CF)([C](F)(F)C(F)(F)C(F)(F)CF)[C](F)(F)C(F)(F)C(F)(F)CF. The van der Waals surface area contributed by atoms with E-state index in [4.69, 9.17) is 0 Å². The normalized spacial score (nSPS) is 16.0. The Morgan fingerprint density at radius 3 is 0.661 bits per heavy atom. The second kappa shape index (κ2) is 18.9. The van der Waals surface area contributed by atoms with Gasteiger partial charge >= 0.3 is 324 Å². The number of rotatable bonds is 28. The van der Waals surface area contributed by atoms with Gasteiger partial charge in [-0.15, -0.1) is 0 Å². The fourth-order valence-electron chi connectivity index (χ4n) is 4.49. The van der Waals surface area contributed by atoms with Crippen molar-refractivity contribution in [2.45, 2.75) is 116 Å². The van der Waals surface area contributed by atoms with Gasteiger partial charge in [-0.3, -0.25) is 0 Å². The number of alkyl halides is 28. The summed E-state index contributed by atoms with van der Waals surface area (Å²) < 4.78 is 390. The van der Waals surface area contributed by atoms with Crippen molar-refractivity contribution in [3.05, 3.63) is 0 Å². The summed E-state index contributed by atoms with van der Waals surface area (Å²) in [6, 6.07) is 0. The van der Waals surface area contributed by atoms with Gasteiger partial charge in [-0.25, -0.2) is 0 Å². The van der Waals surface area contributed by atoms with Crippen LogP contribution >= 0.6 is 0 Å². The van der Waals surface area contributed by atoms with E-state index in [1.165, 1.54) is 0 Å². The minimum atomic E-state index is -12.6. The Balaban J connectivity index is 10.1. The topological polar surface area (TPSA) is 27.7 Å². The van der Waals surface area contributed by atoms with Gasteiger partial charge in [0.25, 0.3) is 0 Å². The van der Waals surface area contributed by atoms with E-state index in [2.05, 4.69) is 7.56 Å². The Morgan fingerprint density at radius 2 is 0.508 bits per heavy atom. The molecule has 0 aliphatic rings. The zero-order valence-electron chi connectivity index (χ0n) is 29.3. The van der Waals surface area contributed by atoms with E-state index in [0.29, 0.717) is 0 Å². The van der Waals surface area contributed by atoms with Crippen molar-refractivity contribution in [3.63, 3.8) is 0 Å². The first-order chi connectivity index (χ1) is 26.1. The maximum absolute atomic E-state index is 16.2. The van der Waals surface area contributed by atoms with Crippen LogP contribution in [0.4, 0.5) is 123 Å². The monoisotopic (exact) mass is 1160 g/mol. The van der Waals surface area contributed by atoms with Crippen LogP contribution < -0.4 is 0 Å². The zero-order chi connectivity index (χ0) is 47.6. The van der Waals surface area contributed by atoms with Crippen molar-refractivity contribution in [2.75, 3.05) is 39.9 Å². The van der Waals surface area contributed by atoms with Crippen molar-refractivity contribution in [2.24, 2.45) is 0 Å². The molecule has 0 amide bonds. The summed E-state index contributed by atoms with van der Waals surface area (Å²) in [6.07, 6.45) is -6.13. The van der Waals surface area contributed by atoms with Gasteiger partial charge in [0.15, 0.2) is 0 Å². The van der Waals surface area contributed by atoms with E-state index in [1.807, 2.05) is 0 Å². The van der Waals surface area contributed by atoms with Crippen molar-refractivity contribution in [3.8, 4) is 0 Å². The van der Waals surface area contributed by atoms with Crippen LogP contribution in [0.15, 0.2) is 0 Å². The average molecular weight is 1160 g/mol. The number of hydrogen-bond acceptors (Lipinski definition) is 3. The predicted octanol–water partition coefficient (Wildman–Crippen LogP) is 12.0. The average Bonchev–Trinajstić information content (AvgIpc) is 3.12. The number of hydrogen-bond donors (Lipinski definition) is 0. The van der Waals surface area contributed by atoms with E-state index < -0.39 is 180 Å². The molecule has 59 heavy (non-hydrogen) atoms. The number of halogens is 28. The van der Waals surface area contributed by atoms with Crippen LogP contribution in [0.3, 0.4) is 0 Å². The van der Waals surface area contributed by atoms with E-state index in [0.717, 1.165) is 13.8 Å². The molecule has 0 saturated carbocycles. The molecule has 0 heterocycles. The molecule has 0 bridgehead atoms. The van der Waals surface area contributed by atoms with E-state index in [1.54, 1.807) is 0 Å². The molecule has 0 unspecified atom stereocenters. The van der Waals surface area contributed by atoms with E-state index in [9.17, 15) is 52.7 Å². The molecular weight excluding hydrogens is 1130 g/mol. The van der Waals surface area contributed by atoms with Gasteiger partial charge in [0.05, 0.1) is 0 Å². The third-order valence-electron chi connectivity index (χ3n) is 8.13. The fraction of sp³-hybridized carbons (Fsp3) is 1.00. The first-order valence-electron chi connectivity index (χ1n) is 15.8. The maximum atomic E-state index is 16.2. The second-order valence-corrected chi connectivity index (χ2v) is 32.7. The predicted molar refractivity (Wildman–Crippen MR) is 147 cm³/mol. The van der Waals surface area contributed by atoms with Crippen LogP contribution in [-0.4, -0.2) is 141 Å². The fourth-order valence-corrected chi connectivity index (χ4v) is 40.9. The van der Waals surface area contributed by atoms with Gasteiger partial charge in [0.2, 0.25) is 0 Å². The number of unbranched alkanes of at least 4 members (excludes halogenated alkanes) is 4. The molecule has 0 aromatic carbocycles. The summed E-state index contributed by atoms with van der Waals surface area (Å²) in [7, 11) is 0. The molecule has 0 rings (SSSR count). The van der Waals surface area contributed by atoms with Gasteiger partial charge < -0.3 is 0 Å². The summed E-state index contributed by atoms with van der Waals surface area (Å²) in [6.45, 7) is -21.5. The van der Waals surface area contributed by atoms with Crippen LogP contribution in [0.1, 0.15) is 52.4 Å². The molecule has 0 fully saturated rings. The molecule has 0 aliphatic heterocycles. The molecule has 0 aromatic heterocycles. The summed E-state index contributed by atoms with van der Waals surface area (Å²) in [5, 5.41) is 0. The van der Waals surface area contributed by atoms with Gasteiger partial charge in [-0.1, -0.05) is 0 Å². The molecule has 33 heteroatoms. The van der Waals surface area contributed by atoms with Gasteiger partial charge in [0.1, 0.15) is 0 Å². The molecule has 3 nitrogen and oxygen atoms in total. The van der Waals surface area contributed by atoms with Gasteiger partial charge in [-0.2, -0.15) is 0 Å². The van der Waals surface area contributed by atoms with Crippen molar-refractivity contribution >= 4 is 38.4 Å².